The summed E-state index contributed by atoms with van der Waals surface area (Å²) < 4.78 is 52.0. The average Bonchev–Trinajstić information content (AvgIpc) is 2.67. The van der Waals surface area contributed by atoms with Crippen molar-refractivity contribution in [2.24, 2.45) is 0 Å². The molecule has 0 saturated carbocycles. The Kier molecular flexibility index (Phi) is 4.95. The summed E-state index contributed by atoms with van der Waals surface area (Å²) in [5.41, 5.74) is 2.58. The zero-order valence-electron chi connectivity index (χ0n) is 15.9. The van der Waals surface area contributed by atoms with Crippen LogP contribution in [0.2, 0.25) is 0 Å². The molecule has 0 spiro atoms. The molecule has 0 radical (unpaired) electrons. The van der Waals surface area contributed by atoms with E-state index in [1.807, 2.05) is 30.0 Å². The Bertz CT molecular complexity index is 1270. The number of sulfone groups is 1. The van der Waals surface area contributed by atoms with E-state index in [1.165, 1.54) is 6.07 Å². The molecule has 9 heteroatoms. The average molecular weight is 432 g/mol. The summed E-state index contributed by atoms with van der Waals surface area (Å²) in [6, 6.07) is 13.9. The summed E-state index contributed by atoms with van der Waals surface area (Å²) in [6.45, 7) is 2.69. The fraction of sp³-hybridized carbons (Fsp3) is 0.250. The van der Waals surface area contributed by atoms with E-state index < -0.39 is 19.9 Å². The topological polar surface area (TPSA) is 96.4 Å². The number of nitrogens with zero attached hydrogens (tertiary/aromatic N) is 2. The van der Waals surface area contributed by atoms with Crippen LogP contribution in [-0.4, -0.2) is 46.4 Å². The van der Waals surface area contributed by atoms with Crippen LogP contribution >= 0.6 is 0 Å². The third-order valence-electron chi connectivity index (χ3n) is 4.91. The van der Waals surface area contributed by atoms with E-state index >= 15 is 0 Å². The molecule has 1 aromatic heterocycles. The summed E-state index contributed by atoms with van der Waals surface area (Å²) >= 11 is 0. The Morgan fingerprint density at radius 1 is 1.03 bits per heavy atom. The van der Waals surface area contributed by atoms with Gasteiger partial charge in [0.05, 0.1) is 22.7 Å². The maximum atomic E-state index is 13.0. The first kappa shape index (κ1) is 19.7. The first-order valence-electron chi connectivity index (χ1n) is 9.17. The first-order valence-corrected chi connectivity index (χ1v) is 12.5. The number of para-hydroxylation sites is 1. The lowest BCUT2D eigenvalue weighted by Gasteiger charge is -2.29. The number of sulfonamides is 1. The van der Waals surface area contributed by atoms with Crippen molar-refractivity contribution in [3.8, 4) is 0 Å². The van der Waals surface area contributed by atoms with Gasteiger partial charge in [-0.1, -0.05) is 18.2 Å². The van der Waals surface area contributed by atoms with Crippen molar-refractivity contribution in [2.45, 2.75) is 11.8 Å². The Morgan fingerprint density at radius 2 is 1.76 bits per heavy atom. The highest BCUT2D eigenvalue weighted by Gasteiger charge is 2.23. The van der Waals surface area contributed by atoms with Gasteiger partial charge < -0.3 is 4.90 Å². The number of aromatic nitrogens is 1. The third-order valence-corrected chi connectivity index (χ3v) is 7.93. The number of fused-ring (bicyclic) bond motifs is 1. The van der Waals surface area contributed by atoms with Crippen LogP contribution in [0.5, 0.6) is 0 Å². The standard InChI is InChI=1S/C20H21N3O4S2/c1-15-12-16-4-2-7-19(20(16)21-14-15)29(26,27)22-17-5-3-6-18(13-17)23-8-10-28(24,25)11-9-23/h2-7,12-14,22H,8-11H2,1H3. The van der Waals surface area contributed by atoms with Crippen molar-refractivity contribution in [3.05, 3.63) is 60.3 Å². The van der Waals surface area contributed by atoms with Crippen LogP contribution < -0.4 is 9.62 Å². The lowest BCUT2D eigenvalue weighted by Crippen LogP contribution is -2.40. The van der Waals surface area contributed by atoms with Crippen molar-refractivity contribution >= 4 is 42.1 Å². The van der Waals surface area contributed by atoms with Gasteiger partial charge in [0.25, 0.3) is 10.0 Å². The van der Waals surface area contributed by atoms with E-state index in [0.717, 1.165) is 16.6 Å². The molecule has 152 valence electrons. The fourth-order valence-corrected chi connectivity index (χ4v) is 5.84. The summed E-state index contributed by atoms with van der Waals surface area (Å²) in [5, 5.41) is 0.760. The Morgan fingerprint density at radius 3 is 2.52 bits per heavy atom. The van der Waals surface area contributed by atoms with Crippen LogP contribution in [0.15, 0.2) is 59.6 Å². The summed E-state index contributed by atoms with van der Waals surface area (Å²) in [5.74, 6) is 0.202. The van der Waals surface area contributed by atoms with Gasteiger partial charge in [-0.15, -0.1) is 0 Å². The predicted molar refractivity (Wildman–Crippen MR) is 115 cm³/mol. The normalized spacial score (nSPS) is 16.7. The number of hydrogen-bond acceptors (Lipinski definition) is 6. The molecule has 0 atom stereocenters. The van der Waals surface area contributed by atoms with Gasteiger partial charge in [0.1, 0.15) is 4.90 Å². The number of benzene rings is 2. The van der Waals surface area contributed by atoms with Crippen LogP contribution in [0.3, 0.4) is 0 Å². The summed E-state index contributed by atoms with van der Waals surface area (Å²) in [7, 11) is -6.83. The molecule has 2 heterocycles. The molecule has 1 aliphatic rings. The highest BCUT2D eigenvalue weighted by atomic mass is 32.2. The van der Waals surface area contributed by atoms with Crippen LogP contribution in [0.1, 0.15) is 5.56 Å². The molecule has 0 aliphatic carbocycles. The molecular formula is C20H21N3O4S2. The first-order chi connectivity index (χ1) is 13.7. The maximum absolute atomic E-state index is 13.0. The van der Waals surface area contributed by atoms with Gasteiger partial charge >= 0.3 is 0 Å². The lowest BCUT2D eigenvalue weighted by molar-refractivity contribution is 0.586. The number of nitrogens with one attached hydrogen (secondary N) is 1. The monoisotopic (exact) mass is 431 g/mol. The van der Waals surface area contributed by atoms with Gasteiger partial charge in [0, 0.05) is 30.4 Å². The smallest absolute Gasteiger partial charge is 0.264 e. The van der Waals surface area contributed by atoms with Crippen molar-refractivity contribution in [2.75, 3.05) is 34.2 Å². The Hall–Kier alpha value is -2.65. The minimum Gasteiger partial charge on any atom is -0.369 e. The summed E-state index contributed by atoms with van der Waals surface area (Å²) in [4.78, 5) is 6.37. The predicted octanol–water partition coefficient (Wildman–Crippen LogP) is 2.58. The largest absolute Gasteiger partial charge is 0.369 e. The summed E-state index contributed by atoms with van der Waals surface area (Å²) in [6.07, 6.45) is 1.65. The second-order valence-electron chi connectivity index (χ2n) is 7.14. The minimum absolute atomic E-state index is 0.101. The number of hydrogen-bond donors (Lipinski definition) is 1. The highest BCUT2D eigenvalue weighted by Crippen LogP contribution is 2.26. The molecule has 0 unspecified atom stereocenters. The van der Waals surface area contributed by atoms with E-state index in [0.29, 0.717) is 24.3 Å². The Balaban J connectivity index is 1.63. The molecule has 3 aromatic rings. The molecule has 0 bridgehead atoms. The van der Waals surface area contributed by atoms with Crippen molar-refractivity contribution in [1.29, 1.82) is 0 Å². The second kappa shape index (κ2) is 7.31. The van der Waals surface area contributed by atoms with Crippen LogP contribution in [-0.2, 0) is 19.9 Å². The second-order valence-corrected chi connectivity index (χ2v) is 11.1. The quantitative estimate of drug-likeness (QED) is 0.682. The molecule has 1 fully saturated rings. The van der Waals surface area contributed by atoms with Crippen molar-refractivity contribution in [3.63, 3.8) is 0 Å². The van der Waals surface area contributed by atoms with E-state index in [-0.39, 0.29) is 16.4 Å². The molecule has 4 rings (SSSR count). The van der Waals surface area contributed by atoms with Crippen molar-refractivity contribution in [1.82, 2.24) is 4.98 Å². The van der Waals surface area contributed by atoms with Gasteiger partial charge in [0.2, 0.25) is 0 Å². The van der Waals surface area contributed by atoms with Crippen molar-refractivity contribution < 1.29 is 16.8 Å². The fourth-order valence-electron chi connectivity index (χ4n) is 3.41. The van der Waals surface area contributed by atoms with E-state index in [4.69, 9.17) is 0 Å². The molecule has 29 heavy (non-hydrogen) atoms. The van der Waals surface area contributed by atoms with Gasteiger partial charge in [-0.3, -0.25) is 9.71 Å². The molecule has 0 amide bonds. The van der Waals surface area contributed by atoms with E-state index in [1.54, 1.807) is 30.5 Å². The molecule has 2 aromatic carbocycles. The molecule has 1 N–H and O–H groups in total. The zero-order chi connectivity index (χ0) is 20.6. The number of aryl methyl sites for hydroxylation is 1. The van der Waals surface area contributed by atoms with E-state index in [2.05, 4.69) is 9.71 Å². The minimum atomic E-state index is -3.85. The molecule has 1 aliphatic heterocycles. The molecule has 1 saturated heterocycles. The Labute approximate surface area is 170 Å². The van der Waals surface area contributed by atoms with E-state index in [9.17, 15) is 16.8 Å². The molecule has 7 nitrogen and oxygen atoms in total. The van der Waals surface area contributed by atoms with Gasteiger partial charge in [0.15, 0.2) is 9.84 Å². The zero-order valence-corrected chi connectivity index (χ0v) is 17.5. The number of pyridine rings is 1. The van der Waals surface area contributed by atoms with Crippen LogP contribution in [0, 0.1) is 6.92 Å². The number of anilines is 2. The highest BCUT2D eigenvalue weighted by molar-refractivity contribution is 7.93. The SMILES string of the molecule is Cc1cnc2c(S(=O)(=O)Nc3cccc(N4CCS(=O)(=O)CC4)c3)cccc2c1. The van der Waals surface area contributed by atoms with Gasteiger partial charge in [-0.2, -0.15) is 0 Å². The van der Waals surface area contributed by atoms with Crippen LogP contribution in [0.4, 0.5) is 11.4 Å². The van der Waals surface area contributed by atoms with Gasteiger partial charge in [-0.25, -0.2) is 16.8 Å². The lowest BCUT2D eigenvalue weighted by atomic mass is 10.2. The van der Waals surface area contributed by atoms with Crippen LogP contribution in [0.25, 0.3) is 10.9 Å². The van der Waals surface area contributed by atoms with Gasteiger partial charge in [-0.05, 0) is 42.8 Å². The third kappa shape index (κ3) is 4.20. The maximum Gasteiger partial charge on any atom is 0.264 e. The molecular weight excluding hydrogens is 410 g/mol. The number of rotatable bonds is 4.